The number of carbonyl (C=O) groups is 1. The average molecular weight is 434 g/mol. The minimum Gasteiger partial charge on any atom is -0.325 e. The first-order valence-electron chi connectivity index (χ1n) is 8.80. The van der Waals surface area contributed by atoms with E-state index in [1.807, 2.05) is 0 Å². The molecule has 0 aromatic heterocycles. The molecule has 0 bridgehead atoms. The molecule has 0 saturated carbocycles. The van der Waals surface area contributed by atoms with Crippen molar-refractivity contribution in [1.82, 2.24) is 4.31 Å². The molecule has 156 valence electrons. The number of rotatable bonds is 7. The van der Waals surface area contributed by atoms with Gasteiger partial charge in [0.1, 0.15) is 5.82 Å². The maximum absolute atomic E-state index is 13.4. The van der Waals surface area contributed by atoms with Gasteiger partial charge in [0.05, 0.1) is 11.4 Å². The highest BCUT2D eigenvalue weighted by Gasteiger charge is 2.27. The number of halogens is 3. The van der Waals surface area contributed by atoms with Gasteiger partial charge in [-0.05, 0) is 42.0 Å². The fourth-order valence-electron chi connectivity index (χ4n) is 2.70. The highest BCUT2D eigenvalue weighted by Crippen LogP contribution is 2.20. The van der Waals surface area contributed by atoms with Gasteiger partial charge in [0.2, 0.25) is 15.9 Å². The zero-order chi connectivity index (χ0) is 21.7. The van der Waals surface area contributed by atoms with Gasteiger partial charge in [0.25, 0.3) is 0 Å². The predicted molar refractivity (Wildman–Crippen MR) is 105 cm³/mol. The molecule has 0 unspecified atom stereocenters. The van der Waals surface area contributed by atoms with Crippen molar-refractivity contribution in [3.63, 3.8) is 0 Å². The van der Waals surface area contributed by atoms with E-state index in [0.29, 0.717) is 5.56 Å². The second-order valence-electron chi connectivity index (χ2n) is 6.39. The quantitative estimate of drug-likeness (QED) is 0.613. The van der Waals surface area contributed by atoms with Crippen molar-refractivity contribution in [2.75, 3.05) is 11.9 Å². The van der Waals surface area contributed by atoms with Crippen LogP contribution >= 0.6 is 0 Å². The van der Waals surface area contributed by atoms with Crippen molar-refractivity contribution in [3.05, 3.63) is 95.8 Å². The van der Waals surface area contributed by atoms with Crippen molar-refractivity contribution in [2.24, 2.45) is 0 Å². The third-order valence-electron chi connectivity index (χ3n) is 4.18. The molecule has 0 aliphatic rings. The fourth-order valence-corrected chi connectivity index (χ4v) is 4.09. The molecule has 3 rings (SSSR count). The fraction of sp³-hybridized carbons (Fsp3) is 0.0952. The zero-order valence-corrected chi connectivity index (χ0v) is 16.4. The molecule has 9 heteroatoms. The van der Waals surface area contributed by atoms with Gasteiger partial charge in [-0.1, -0.05) is 30.3 Å². The van der Waals surface area contributed by atoms with Gasteiger partial charge in [-0.25, -0.2) is 21.6 Å². The minimum atomic E-state index is -4.15. The second kappa shape index (κ2) is 9.10. The Kier molecular flexibility index (Phi) is 6.53. The van der Waals surface area contributed by atoms with Gasteiger partial charge in [-0.2, -0.15) is 4.31 Å². The number of hydrogen-bond donors (Lipinski definition) is 1. The number of amides is 1. The Morgan fingerprint density at radius 1 is 0.867 bits per heavy atom. The van der Waals surface area contributed by atoms with E-state index in [4.69, 9.17) is 0 Å². The van der Waals surface area contributed by atoms with Gasteiger partial charge in [0, 0.05) is 18.3 Å². The van der Waals surface area contributed by atoms with Gasteiger partial charge >= 0.3 is 0 Å². The minimum absolute atomic E-state index is 0.0160. The van der Waals surface area contributed by atoms with Crippen molar-refractivity contribution < 1.29 is 26.4 Å². The molecule has 1 amide bonds. The van der Waals surface area contributed by atoms with Gasteiger partial charge in [-0.3, -0.25) is 4.79 Å². The Labute approximate surface area is 171 Å². The van der Waals surface area contributed by atoms with Crippen LogP contribution in [-0.2, 0) is 21.4 Å². The van der Waals surface area contributed by atoms with Crippen molar-refractivity contribution in [1.29, 1.82) is 0 Å². The van der Waals surface area contributed by atoms with Crippen LogP contribution in [0.25, 0.3) is 0 Å². The molecule has 0 aliphatic heterocycles. The Morgan fingerprint density at radius 2 is 1.53 bits per heavy atom. The number of hydrogen-bond acceptors (Lipinski definition) is 3. The van der Waals surface area contributed by atoms with Crippen molar-refractivity contribution >= 4 is 21.6 Å². The number of anilines is 1. The molecule has 3 aromatic carbocycles. The normalized spacial score (nSPS) is 11.5. The molecule has 1 N–H and O–H groups in total. The largest absolute Gasteiger partial charge is 0.325 e. The Hall–Kier alpha value is -3.17. The van der Waals surface area contributed by atoms with E-state index in [9.17, 15) is 26.4 Å². The number of sulfonamides is 1. The SMILES string of the molecule is O=C(CN(Cc1ccccc1)S(=O)(=O)c1ccc(F)cc1)Nc1ccc(F)c(F)c1. The molecule has 0 fully saturated rings. The first kappa shape index (κ1) is 21.5. The maximum Gasteiger partial charge on any atom is 0.243 e. The summed E-state index contributed by atoms with van der Waals surface area (Å²) in [4.78, 5) is 12.3. The lowest BCUT2D eigenvalue weighted by Crippen LogP contribution is -2.37. The number of carbonyl (C=O) groups excluding carboxylic acids is 1. The van der Waals surface area contributed by atoms with Crippen LogP contribution in [0.15, 0.2) is 77.7 Å². The third kappa shape index (κ3) is 5.25. The summed E-state index contributed by atoms with van der Waals surface area (Å²) in [5.74, 6) is -3.56. The van der Waals surface area contributed by atoms with Crippen LogP contribution in [0.2, 0.25) is 0 Å². The number of benzene rings is 3. The summed E-state index contributed by atoms with van der Waals surface area (Å²) in [5, 5.41) is 2.35. The summed E-state index contributed by atoms with van der Waals surface area (Å²) in [6.07, 6.45) is 0. The molecule has 3 aromatic rings. The summed E-state index contributed by atoms with van der Waals surface area (Å²) in [7, 11) is -4.15. The molecule has 0 atom stereocenters. The Bertz CT molecular complexity index is 1140. The van der Waals surface area contributed by atoms with Crippen LogP contribution in [-0.4, -0.2) is 25.2 Å². The lowest BCUT2D eigenvalue weighted by Gasteiger charge is -2.22. The van der Waals surface area contributed by atoms with E-state index in [1.54, 1.807) is 30.3 Å². The Morgan fingerprint density at radius 3 is 2.17 bits per heavy atom. The monoisotopic (exact) mass is 434 g/mol. The van der Waals surface area contributed by atoms with Crippen molar-refractivity contribution in [2.45, 2.75) is 11.4 Å². The lowest BCUT2D eigenvalue weighted by molar-refractivity contribution is -0.116. The molecular weight excluding hydrogens is 417 g/mol. The maximum atomic E-state index is 13.4. The topological polar surface area (TPSA) is 66.5 Å². The number of nitrogens with zero attached hydrogens (tertiary/aromatic N) is 1. The van der Waals surface area contributed by atoms with Crippen molar-refractivity contribution in [3.8, 4) is 0 Å². The summed E-state index contributed by atoms with van der Waals surface area (Å²) in [5.41, 5.74) is 0.613. The molecule has 5 nitrogen and oxygen atoms in total. The smallest absolute Gasteiger partial charge is 0.243 e. The molecule has 0 spiro atoms. The van der Waals surface area contributed by atoms with E-state index in [0.717, 1.165) is 46.8 Å². The lowest BCUT2D eigenvalue weighted by atomic mass is 10.2. The summed E-state index contributed by atoms with van der Waals surface area (Å²) < 4.78 is 66.6. The molecule has 30 heavy (non-hydrogen) atoms. The van der Waals surface area contributed by atoms with E-state index >= 15 is 0 Å². The first-order valence-corrected chi connectivity index (χ1v) is 10.2. The summed E-state index contributed by atoms with van der Waals surface area (Å²) >= 11 is 0. The third-order valence-corrected chi connectivity index (χ3v) is 5.98. The highest BCUT2D eigenvalue weighted by atomic mass is 32.2. The molecule has 0 radical (unpaired) electrons. The standard InChI is InChI=1S/C21H17F3N2O3S/c22-16-6-9-18(10-7-16)30(28,29)26(13-15-4-2-1-3-5-15)14-21(27)25-17-8-11-19(23)20(24)12-17/h1-12H,13-14H2,(H,25,27). The van der Waals surface area contributed by atoms with Crippen LogP contribution in [0, 0.1) is 17.5 Å². The average Bonchev–Trinajstić information content (AvgIpc) is 2.71. The van der Waals surface area contributed by atoms with Crippen LogP contribution in [0.5, 0.6) is 0 Å². The predicted octanol–water partition coefficient (Wildman–Crippen LogP) is 3.93. The van der Waals surface area contributed by atoms with E-state index in [1.165, 1.54) is 0 Å². The summed E-state index contributed by atoms with van der Waals surface area (Å²) in [6.45, 7) is -0.709. The molecular formula is C21H17F3N2O3S. The second-order valence-corrected chi connectivity index (χ2v) is 8.33. The van der Waals surface area contributed by atoms with E-state index in [-0.39, 0.29) is 17.1 Å². The van der Waals surface area contributed by atoms with E-state index in [2.05, 4.69) is 5.32 Å². The molecule has 0 aliphatic carbocycles. The van der Waals surface area contributed by atoms with Gasteiger partial charge in [0.15, 0.2) is 11.6 Å². The van der Waals surface area contributed by atoms with Gasteiger partial charge < -0.3 is 5.32 Å². The van der Waals surface area contributed by atoms with E-state index < -0.39 is 39.9 Å². The van der Waals surface area contributed by atoms with Crippen LogP contribution in [0.3, 0.4) is 0 Å². The Balaban J connectivity index is 1.86. The number of nitrogens with one attached hydrogen (secondary N) is 1. The molecule has 0 saturated heterocycles. The first-order chi connectivity index (χ1) is 14.3. The summed E-state index contributed by atoms with van der Waals surface area (Å²) in [6, 6.07) is 15.6. The van der Waals surface area contributed by atoms with Crippen LogP contribution in [0.1, 0.15) is 5.56 Å². The van der Waals surface area contributed by atoms with Crippen LogP contribution in [0.4, 0.5) is 18.9 Å². The highest BCUT2D eigenvalue weighted by molar-refractivity contribution is 7.89. The molecule has 0 heterocycles. The van der Waals surface area contributed by atoms with Crippen LogP contribution < -0.4 is 5.32 Å². The van der Waals surface area contributed by atoms with Gasteiger partial charge in [-0.15, -0.1) is 0 Å². The zero-order valence-electron chi connectivity index (χ0n) is 15.6.